The third kappa shape index (κ3) is 6.68. The zero-order valence-corrected chi connectivity index (χ0v) is 17.5. The van der Waals surface area contributed by atoms with Crippen LogP contribution in [0.2, 0.25) is 0 Å². The number of nitrogens with zero attached hydrogens (tertiary/aromatic N) is 3. The van der Waals surface area contributed by atoms with Gasteiger partial charge in [-0.3, -0.25) is 9.89 Å². The summed E-state index contributed by atoms with van der Waals surface area (Å²) in [4.78, 5) is 9.36. The minimum absolute atomic E-state index is 0.00501. The molecule has 0 radical (unpaired) electrons. The summed E-state index contributed by atoms with van der Waals surface area (Å²) in [5, 5.41) is 5.54. The van der Waals surface area contributed by atoms with Crippen LogP contribution in [0.25, 0.3) is 0 Å². The highest BCUT2D eigenvalue weighted by Gasteiger charge is 2.33. The lowest BCUT2D eigenvalue weighted by molar-refractivity contribution is -0.146. The van der Waals surface area contributed by atoms with E-state index in [0.29, 0.717) is 13.1 Å². The number of guanidine groups is 1. The van der Waals surface area contributed by atoms with Gasteiger partial charge in [-0.1, -0.05) is 26.8 Å². The normalized spacial score (nSPS) is 19.2. The third-order valence-corrected chi connectivity index (χ3v) is 6.28. The second-order valence-electron chi connectivity index (χ2n) is 7.81. The molecule has 8 heteroatoms. The maximum Gasteiger partial charge on any atom is 0.401 e. The largest absolute Gasteiger partial charge is 0.401 e. The van der Waals surface area contributed by atoms with Gasteiger partial charge in [-0.05, 0) is 30.3 Å². The molecule has 27 heavy (non-hydrogen) atoms. The fourth-order valence-electron chi connectivity index (χ4n) is 3.48. The Bertz CT molecular complexity index is 599. The molecule has 1 saturated heterocycles. The molecule has 1 N–H and O–H groups in total. The van der Waals surface area contributed by atoms with Crippen molar-refractivity contribution in [2.24, 2.45) is 10.9 Å². The Balaban J connectivity index is 1.86. The number of hydrogen-bond acceptors (Lipinski definition) is 3. The first-order chi connectivity index (χ1) is 12.6. The van der Waals surface area contributed by atoms with Crippen molar-refractivity contribution in [3.8, 4) is 0 Å². The standard InChI is InChI=1S/C19H31F3N4S/c1-5-25(14-19(20,21)22)11-15-8-9-26(12-15)17(23-4)24-13-18(2,3)16-7-6-10-27-16/h6-7,10,15H,5,8-9,11-14H2,1-4H3,(H,23,24). The molecule has 0 bridgehead atoms. The van der Waals surface area contributed by atoms with Gasteiger partial charge in [-0.2, -0.15) is 13.2 Å². The lowest BCUT2D eigenvalue weighted by Crippen LogP contribution is -2.45. The van der Waals surface area contributed by atoms with Gasteiger partial charge < -0.3 is 10.2 Å². The molecule has 2 heterocycles. The first-order valence-corrected chi connectivity index (χ1v) is 10.3. The van der Waals surface area contributed by atoms with Crippen molar-refractivity contribution < 1.29 is 13.2 Å². The molecular weight excluding hydrogens is 373 g/mol. The number of nitrogens with one attached hydrogen (secondary N) is 1. The summed E-state index contributed by atoms with van der Waals surface area (Å²) in [5.74, 6) is 1.07. The number of halogens is 3. The van der Waals surface area contributed by atoms with Crippen molar-refractivity contribution in [1.29, 1.82) is 0 Å². The number of alkyl halides is 3. The van der Waals surface area contributed by atoms with Gasteiger partial charge in [0.15, 0.2) is 5.96 Å². The van der Waals surface area contributed by atoms with Gasteiger partial charge in [-0.15, -0.1) is 11.3 Å². The van der Waals surface area contributed by atoms with Crippen LogP contribution in [-0.2, 0) is 5.41 Å². The fourth-order valence-corrected chi connectivity index (χ4v) is 4.33. The van der Waals surface area contributed by atoms with E-state index in [0.717, 1.165) is 32.0 Å². The number of likely N-dealkylation sites (tertiary alicyclic amines) is 1. The lowest BCUT2D eigenvalue weighted by Gasteiger charge is -2.29. The van der Waals surface area contributed by atoms with E-state index in [9.17, 15) is 13.2 Å². The van der Waals surface area contributed by atoms with Crippen LogP contribution in [0, 0.1) is 5.92 Å². The molecule has 0 aliphatic carbocycles. The predicted octanol–water partition coefficient (Wildman–Crippen LogP) is 3.81. The summed E-state index contributed by atoms with van der Waals surface area (Å²) in [6.45, 7) is 8.57. The molecule has 1 aromatic rings. The smallest absolute Gasteiger partial charge is 0.355 e. The number of rotatable bonds is 7. The monoisotopic (exact) mass is 404 g/mol. The third-order valence-electron chi connectivity index (χ3n) is 5.04. The summed E-state index contributed by atoms with van der Waals surface area (Å²) in [6, 6.07) is 4.20. The van der Waals surface area contributed by atoms with Gasteiger partial charge in [0.1, 0.15) is 0 Å². The Hall–Kier alpha value is -1.28. The summed E-state index contributed by atoms with van der Waals surface area (Å²) >= 11 is 1.74. The average molecular weight is 405 g/mol. The summed E-state index contributed by atoms with van der Waals surface area (Å²) in [5.41, 5.74) is -0.00501. The van der Waals surface area contributed by atoms with Gasteiger partial charge in [0.25, 0.3) is 0 Å². The van der Waals surface area contributed by atoms with Gasteiger partial charge in [0.2, 0.25) is 0 Å². The van der Waals surface area contributed by atoms with Crippen molar-refractivity contribution in [3.05, 3.63) is 22.4 Å². The molecule has 2 rings (SSSR count). The fraction of sp³-hybridized carbons (Fsp3) is 0.737. The second kappa shape index (κ2) is 9.28. The van der Waals surface area contributed by atoms with E-state index in [1.54, 1.807) is 25.3 Å². The zero-order chi connectivity index (χ0) is 20.1. The van der Waals surface area contributed by atoms with Crippen LogP contribution in [0.3, 0.4) is 0 Å². The minimum Gasteiger partial charge on any atom is -0.355 e. The quantitative estimate of drug-likeness (QED) is 0.554. The molecule has 0 spiro atoms. The average Bonchev–Trinajstić information content (AvgIpc) is 3.25. The molecule has 4 nitrogen and oxygen atoms in total. The molecule has 0 saturated carbocycles. The van der Waals surface area contributed by atoms with Crippen LogP contribution in [-0.4, -0.2) is 68.3 Å². The topological polar surface area (TPSA) is 30.9 Å². The Morgan fingerprint density at radius 1 is 1.41 bits per heavy atom. The van der Waals surface area contributed by atoms with Crippen LogP contribution >= 0.6 is 11.3 Å². The van der Waals surface area contributed by atoms with E-state index in [4.69, 9.17) is 0 Å². The van der Waals surface area contributed by atoms with Gasteiger partial charge >= 0.3 is 6.18 Å². The molecule has 0 aromatic carbocycles. The van der Waals surface area contributed by atoms with E-state index >= 15 is 0 Å². The maximum absolute atomic E-state index is 12.7. The molecule has 1 atom stereocenters. The first-order valence-electron chi connectivity index (χ1n) is 9.43. The van der Waals surface area contributed by atoms with E-state index < -0.39 is 12.7 Å². The highest BCUT2D eigenvalue weighted by molar-refractivity contribution is 7.10. The van der Waals surface area contributed by atoms with Crippen molar-refractivity contribution in [1.82, 2.24) is 15.1 Å². The highest BCUT2D eigenvalue weighted by atomic mass is 32.1. The van der Waals surface area contributed by atoms with Crippen LogP contribution in [0.4, 0.5) is 13.2 Å². The SMILES string of the molecule is CCN(CC1CCN(C(=NC)NCC(C)(C)c2cccs2)C1)CC(F)(F)F. The van der Waals surface area contributed by atoms with E-state index in [-0.39, 0.29) is 11.3 Å². The van der Waals surface area contributed by atoms with Crippen LogP contribution in [0.1, 0.15) is 32.1 Å². The minimum atomic E-state index is -4.14. The molecule has 1 fully saturated rings. The van der Waals surface area contributed by atoms with E-state index in [1.165, 1.54) is 9.78 Å². The molecule has 1 aromatic heterocycles. The van der Waals surface area contributed by atoms with E-state index in [2.05, 4.69) is 46.6 Å². The highest BCUT2D eigenvalue weighted by Crippen LogP contribution is 2.27. The Morgan fingerprint density at radius 3 is 2.70 bits per heavy atom. The summed E-state index contributed by atoms with van der Waals surface area (Å²) < 4.78 is 38.0. The molecule has 154 valence electrons. The van der Waals surface area contributed by atoms with Crippen molar-refractivity contribution in [2.75, 3.05) is 46.3 Å². The molecule has 1 unspecified atom stereocenters. The Labute approximate surface area is 164 Å². The molecule has 0 amide bonds. The van der Waals surface area contributed by atoms with Crippen molar-refractivity contribution >= 4 is 17.3 Å². The Kier molecular flexibility index (Phi) is 7.56. The zero-order valence-electron chi connectivity index (χ0n) is 16.6. The molecular formula is C19H31F3N4S. The summed E-state index contributed by atoms with van der Waals surface area (Å²) in [6.07, 6.45) is -3.25. The van der Waals surface area contributed by atoms with Crippen molar-refractivity contribution in [3.63, 3.8) is 0 Å². The van der Waals surface area contributed by atoms with Crippen LogP contribution in [0.15, 0.2) is 22.5 Å². The van der Waals surface area contributed by atoms with Gasteiger partial charge in [0, 0.05) is 43.5 Å². The van der Waals surface area contributed by atoms with E-state index in [1.807, 2.05) is 0 Å². The van der Waals surface area contributed by atoms with Crippen molar-refractivity contribution in [2.45, 2.75) is 38.8 Å². The molecule has 1 aliphatic rings. The molecule has 1 aliphatic heterocycles. The second-order valence-corrected chi connectivity index (χ2v) is 8.75. The number of hydrogen-bond donors (Lipinski definition) is 1. The van der Waals surface area contributed by atoms with Crippen LogP contribution < -0.4 is 5.32 Å². The number of aliphatic imine (C=N–C) groups is 1. The predicted molar refractivity (Wildman–Crippen MR) is 107 cm³/mol. The Morgan fingerprint density at radius 2 is 2.15 bits per heavy atom. The maximum atomic E-state index is 12.7. The van der Waals surface area contributed by atoms with Gasteiger partial charge in [0.05, 0.1) is 6.54 Å². The lowest BCUT2D eigenvalue weighted by atomic mass is 9.91. The van der Waals surface area contributed by atoms with Gasteiger partial charge in [-0.25, -0.2) is 0 Å². The van der Waals surface area contributed by atoms with Crippen LogP contribution in [0.5, 0.6) is 0 Å². The first kappa shape index (κ1) is 22.0. The number of thiophene rings is 1. The summed E-state index contributed by atoms with van der Waals surface area (Å²) in [7, 11) is 1.76.